The van der Waals surface area contributed by atoms with Gasteiger partial charge in [-0.25, -0.2) is 14.8 Å². The van der Waals surface area contributed by atoms with Gasteiger partial charge >= 0.3 is 11.9 Å². The van der Waals surface area contributed by atoms with E-state index in [9.17, 15) is 18.0 Å². The van der Waals surface area contributed by atoms with Crippen LogP contribution in [0.2, 0.25) is 5.02 Å². The van der Waals surface area contributed by atoms with E-state index in [2.05, 4.69) is 15.0 Å². The summed E-state index contributed by atoms with van der Waals surface area (Å²) in [4.78, 5) is 24.9. The zero-order valence-electron chi connectivity index (χ0n) is 12.0. The maximum Gasteiger partial charge on any atom is 0.417 e. The number of rotatable bonds is 3. The Bertz CT molecular complexity index is 801. The first kappa shape index (κ1) is 16.9. The van der Waals surface area contributed by atoms with E-state index in [1.165, 1.54) is 18.6 Å². The fourth-order valence-corrected chi connectivity index (χ4v) is 1.82. The van der Waals surface area contributed by atoms with Crippen molar-refractivity contribution in [3.8, 4) is 5.82 Å². The summed E-state index contributed by atoms with van der Waals surface area (Å²) in [5.41, 5.74) is -1.76. The number of hydrogen-bond acceptors (Lipinski definition) is 4. The van der Waals surface area contributed by atoms with Crippen LogP contribution in [-0.4, -0.2) is 39.9 Å². The van der Waals surface area contributed by atoms with Gasteiger partial charge in [0.15, 0.2) is 11.6 Å². The summed E-state index contributed by atoms with van der Waals surface area (Å²) < 4.78 is 38.7. The molecule has 0 aromatic carbocycles. The van der Waals surface area contributed by atoms with Crippen LogP contribution in [0.15, 0.2) is 34.3 Å². The lowest BCUT2D eigenvalue weighted by Crippen LogP contribution is -2.22. The number of alkyl halides is 3. The molecule has 0 unspecified atom stereocenters. The normalized spacial score (nSPS) is 11.9. The highest BCUT2D eigenvalue weighted by Crippen LogP contribution is 2.31. The standard InChI is InChI=1S/C13H11ClF3N5O/c1-21(2)7-19-10-3-4-22(12(23)20-10)11-9(14)5-8(6-18-11)13(15,16)17/h3-7H,1-2H3. The molecular weight excluding hydrogens is 335 g/mol. The van der Waals surface area contributed by atoms with Gasteiger partial charge in [-0.3, -0.25) is 4.57 Å². The van der Waals surface area contributed by atoms with Gasteiger partial charge < -0.3 is 4.90 Å². The van der Waals surface area contributed by atoms with E-state index in [4.69, 9.17) is 11.6 Å². The molecule has 23 heavy (non-hydrogen) atoms. The van der Waals surface area contributed by atoms with Crippen LogP contribution in [0.25, 0.3) is 5.82 Å². The second-order valence-corrected chi connectivity index (χ2v) is 5.08. The van der Waals surface area contributed by atoms with Crippen LogP contribution in [0, 0.1) is 0 Å². The van der Waals surface area contributed by atoms with E-state index in [0.717, 1.165) is 4.57 Å². The average Bonchev–Trinajstić information content (AvgIpc) is 2.44. The molecule has 0 aliphatic heterocycles. The van der Waals surface area contributed by atoms with Crippen LogP contribution < -0.4 is 5.69 Å². The zero-order valence-corrected chi connectivity index (χ0v) is 12.8. The van der Waals surface area contributed by atoms with Crippen LogP contribution in [-0.2, 0) is 6.18 Å². The average molecular weight is 346 g/mol. The topological polar surface area (TPSA) is 63.4 Å². The van der Waals surface area contributed by atoms with Gasteiger partial charge in [0.25, 0.3) is 0 Å². The second-order valence-electron chi connectivity index (χ2n) is 4.67. The Balaban J connectivity index is 2.42. The SMILES string of the molecule is CN(C)C=Nc1ccn(-c2ncc(C(F)(F)F)cc2Cl)c(=O)n1. The molecule has 0 fully saturated rings. The van der Waals surface area contributed by atoms with E-state index in [0.29, 0.717) is 12.3 Å². The van der Waals surface area contributed by atoms with Crippen molar-refractivity contribution in [3.63, 3.8) is 0 Å². The third kappa shape index (κ3) is 4.07. The summed E-state index contributed by atoms with van der Waals surface area (Å²) in [5.74, 6) is 0.0169. The number of nitrogens with zero attached hydrogens (tertiary/aromatic N) is 5. The number of hydrogen-bond donors (Lipinski definition) is 0. The summed E-state index contributed by atoms with van der Waals surface area (Å²) in [7, 11) is 3.49. The van der Waals surface area contributed by atoms with Gasteiger partial charge in [-0.2, -0.15) is 18.2 Å². The minimum absolute atomic E-state index is 0.139. The number of halogens is 4. The maximum atomic E-state index is 12.6. The molecule has 0 saturated carbocycles. The maximum absolute atomic E-state index is 12.6. The molecule has 0 spiro atoms. The highest BCUT2D eigenvalue weighted by atomic mass is 35.5. The summed E-state index contributed by atoms with van der Waals surface area (Å²) >= 11 is 5.80. The number of pyridine rings is 1. The van der Waals surface area contributed by atoms with Crippen molar-refractivity contribution in [2.45, 2.75) is 6.18 Å². The predicted molar refractivity (Wildman–Crippen MR) is 79.5 cm³/mol. The molecule has 0 aliphatic rings. The van der Waals surface area contributed by atoms with Crippen molar-refractivity contribution >= 4 is 23.8 Å². The van der Waals surface area contributed by atoms with Crippen LogP contribution in [0.4, 0.5) is 19.0 Å². The van der Waals surface area contributed by atoms with Gasteiger partial charge in [-0.1, -0.05) is 11.6 Å². The first-order valence-electron chi connectivity index (χ1n) is 6.22. The zero-order chi connectivity index (χ0) is 17.2. The van der Waals surface area contributed by atoms with Crippen LogP contribution in [0.1, 0.15) is 5.56 Å². The molecule has 0 N–H and O–H groups in total. The summed E-state index contributed by atoms with van der Waals surface area (Å²) in [5, 5.41) is -0.312. The molecule has 122 valence electrons. The molecule has 2 aromatic rings. The summed E-state index contributed by atoms with van der Waals surface area (Å²) in [6.07, 6.45) is -1.22. The van der Waals surface area contributed by atoms with Crippen molar-refractivity contribution in [1.29, 1.82) is 0 Å². The molecule has 10 heteroatoms. The lowest BCUT2D eigenvalue weighted by Gasteiger charge is -2.10. The first-order valence-corrected chi connectivity index (χ1v) is 6.59. The lowest BCUT2D eigenvalue weighted by atomic mass is 10.3. The molecule has 2 rings (SSSR count). The monoisotopic (exact) mass is 345 g/mol. The van der Waals surface area contributed by atoms with Gasteiger partial charge in [-0.15, -0.1) is 0 Å². The van der Waals surface area contributed by atoms with Crippen molar-refractivity contribution in [2.24, 2.45) is 4.99 Å². The first-order chi connectivity index (χ1) is 10.7. The van der Waals surface area contributed by atoms with Crippen molar-refractivity contribution < 1.29 is 13.2 Å². The smallest absolute Gasteiger partial charge is 0.369 e. The Morgan fingerprint density at radius 2 is 2.09 bits per heavy atom. The van der Waals surface area contributed by atoms with Crippen molar-refractivity contribution in [2.75, 3.05) is 14.1 Å². The largest absolute Gasteiger partial charge is 0.417 e. The van der Waals surface area contributed by atoms with Crippen LogP contribution in [0.3, 0.4) is 0 Å². The third-order valence-corrected chi connectivity index (χ3v) is 2.87. The lowest BCUT2D eigenvalue weighted by molar-refractivity contribution is -0.137. The molecule has 0 bridgehead atoms. The highest BCUT2D eigenvalue weighted by Gasteiger charge is 2.31. The Morgan fingerprint density at radius 1 is 1.39 bits per heavy atom. The number of aromatic nitrogens is 3. The quantitative estimate of drug-likeness (QED) is 0.633. The van der Waals surface area contributed by atoms with Crippen LogP contribution in [0.5, 0.6) is 0 Å². The minimum Gasteiger partial charge on any atom is -0.369 e. The Morgan fingerprint density at radius 3 is 2.61 bits per heavy atom. The fourth-order valence-electron chi connectivity index (χ4n) is 1.56. The number of aliphatic imine (C=N–C) groups is 1. The summed E-state index contributed by atoms with van der Waals surface area (Å²) in [6.45, 7) is 0. The molecule has 0 saturated heterocycles. The molecular formula is C13H11ClF3N5O. The van der Waals surface area contributed by atoms with Crippen molar-refractivity contribution in [1.82, 2.24) is 19.4 Å². The third-order valence-electron chi connectivity index (χ3n) is 2.59. The molecule has 2 aromatic heterocycles. The predicted octanol–water partition coefficient (Wildman–Crippen LogP) is 2.52. The second kappa shape index (κ2) is 6.37. The van der Waals surface area contributed by atoms with E-state index >= 15 is 0 Å². The van der Waals surface area contributed by atoms with Gasteiger partial charge in [0, 0.05) is 26.5 Å². The molecule has 6 nitrogen and oxygen atoms in total. The molecule has 2 heterocycles. The molecule has 0 atom stereocenters. The van der Waals surface area contributed by atoms with Crippen molar-refractivity contribution in [3.05, 3.63) is 45.6 Å². The summed E-state index contributed by atoms with van der Waals surface area (Å²) in [6, 6.07) is 2.12. The molecule has 0 radical (unpaired) electrons. The van der Waals surface area contributed by atoms with Gasteiger partial charge in [0.1, 0.15) is 0 Å². The van der Waals surface area contributed by atoms with E-state index < -0.39 is 17.4 Å². The van der Waals surface area contributed by atoms with Gasteiger partial charge in [0.2, 0.25) is 0 Å². The van der Waals surface area contributed by atoms with Gasteiger partial charge in [-0.05, 0) is 12.1 Å². The highest BCUT2D eigenvalue weighted by molar-refractivity contribution is 6.32. The van der Waals surface area contributed by atoms with E-state index in [1.807, 2.05) is 0 Å². The fraction of sp³-hybridized carbons (Fsp3) is 0.231. The Hall–Kier alpha value is -2.42. The molecule has 0 amide bonds. The van der Waals surface area contributed by atoms with E-state index in [-0.39, 0.29) is 16.7 Å². The minimum atomic E-state index is -4.57. The Labute approximate surface area is 133 Å². The Kier molecular flexibility index (Phi) is 4.69. The van der Waals surface area contributed by atoms with Crippen LogP contribution >= 0.6 is 11.6 Å². The van der Waals surface area contributed by atoms with Gasteiger partial charge in [0.05, 0.1) is 16.9 Å². The van der Waals surface area contributed by atoms with E-state index in [1.54, 1.807) is 19.0 Å². The molecule has 0 aliphatic carbocycles.